The summed E-state index contributed by atoms with van der Waals surface area (Å²) >= 11 is 1.56. The average molecular weight is 182 g/mol. The van der Waals surface area contributed by atoms with Crippen LogP contribution in [0.25, 0.3) is 0 Å². The van der Waals surface area contributed by atoms with Crippen molar-refractivity contribution in [1.82, 2.24) is 0 Å². The summed E-state index contributed by atoms with van der Waals surface area (Å²) in [5.41, 5.74) is 0. The Labute approximate surface area is 75.5 Å². The molecule has 0 aliphatic rings. The molecular formula is C9H10O2S. The molecule has 0 aliphatic heterocycles. The molecule has 0 radical (unpaired) electrons. The third-order valence-electron chi connectivity index (χ3n) is 1.26. The average Bonchev–Trinajstić information content (AvgIpc) is 2.53. The lowest BCUT2D eigenvalue weighted by atomic mass is 10.3. The molecule has 1 heterocycles. The lowest BCUT2D eigenvalue weighted by molar-refractivity contribution is -0.141. The third-order valence-corrected chi connectivity index (χ3v) is 2.14. The zero-order valence-electron chi connectivity index (χ0n) is 6.66. The molecule has 3 heteroatoms. The van der Waals surface area contributed by atoms with Gasteiger partial charge in [-0.2, -0.15) is 0 Å². The van der Waals surface area contributed by atoms with Crippen LogP contribution in [0.15, 0.2) is 30.2 Å². The van der Waals surface area contributed by atoms with Crippen LogP contribution in [0.4, 0.5) is 0 Å². The Kier molecular flexibility index (Phi) is 3.54. The molecule has 1 aromatic rings. The molecule has 0 fully saturated rings. The van der Waals surface area contributed by atoms with Crippen molar-refractivity contribution in [3.8, 4) is 0 Å². The maximum Gasteiger partial charge on any atom is 0.311 e. The van der Waals surface area contributed by atoms with Crippen molar-refractivity contribution in [2.45, 2.75) is 6.42 Å². The molecule has 0 atom stereocenters. The van der Waals surface area contributed by atoms with Crippen molar-refractivity contribution in [1.29, 1.82) is 0 Å². The van der Waals surface area contributed by atoms with Crippen LogP contribution in [-0.4, -0.2) is 12.6 Å². The van der Waals surface area contributed by atoms with Gasteiger partial charge in [0, 0.05) is 4.88 Å². The van der Waals surface area contributed by atoms with Crippen molar-refractivity contribution in [3.05, 3.63) is 35.0 Å². The van der Waals surface area contributed by atoms with Crippen LogP contribution < -0.4 is 0 Å². The Morgan fingerprint density at radius 3 is 3.17 bits per heavy atom. The predicted octanol–water partition coefficient (Wildman–Crippen LogP) is 2.02. The molecule has 0 bridgehead atoms. The molecule has 0 aliphatic carbocycles. The molecule has 0 amide bonds. The Morgan fingerprint density at radius 1 is 1.75 bits per heavy atom. The number of thiophene rings is 1. The first kappa shape index (κ1) is 9.00. The van der Waals surface area contributed by atoms with E-state index in [1.807, 2.05) is 17.5 Å². The molecule has 1 rings (SSSR count). The predicted molar refractivity (Wildman–Crippen MR) is 49.2 cm³/mol. The molecule has 0 saturated carbocycles. The van der Waals surface area contributed by atoms with Gasteiger partial charge in [0.25, 0.3) is 0 Å². The van der Waals surface area contributed by atoms with E-state index in [0.717, 1.165) is 4.88 Å². The number of ether oxygens (including phenoxy) is 1. The van der Waals surface area contributed by atoms with Gasteiger partial charge in [-0.3, -0.25) is 4.79 Å². The zero-order chi connectivity index (χ0) is 8.81. The lowest BCUT2D eigenvalue weighted by Gasteiger charge is -1.98. The van der Waals surface area contributed by atoms with Crippen molar-refractivity contribution in [2.24, 2.45) is 0 Å². The number of hydrogen-bond acceptors (Lipinski definition) is 3. The summed E-state index contributed by atoms with van der Waals surface area (Å²) in [7, 11) is 0. The van der Waals surface area contributed by atoms with Gasteiger partial charge < -0.3 is 4.74 Å². The third kappa shape index (κ3) is 2.88. The van der Waals surface area contributed by atoms with Gasteiger partial charge in [0.1, 0.15) is 6.61 Å². The minimum absolute atomic E-state index is 0.197. The Morgan fingerprint density at radius 2 is 2.58 bits per heavy atom. The smallest absolute Gasteiger partial charge is 0.311 e. The summed E-state index contributed by atoms with van der Waals surface area (Å²) in [6.07, 6.45) is 1.93. The molecule has 0 N–H and O–H groups in total. The molecule has 64 valence electrons. The van der Waals surface area contributed by atoms with Gasteiger partial charge in [-0.15, -0.1) is 11.3 Å². The van der Waals surface area contributed by atoms with Crippen LogP contribution >= 0.6 is 11.3 Å². The van der Waals surface area contributed by atoms with Gasteiger partial charge in [0.05, 0.1) is 6.42 Å². The first-order valence-electron chi connectivity index (χ1n) is 3.62. The highest BCUT2D eigenvalue weighted by Crippen LogP contribution is 2.09. The highest BCUT2D eigenvalue weighted by Gasteiger charge is 2.03. The van der Waals surface area contributed by atoms with E-state index in [1.165, 1.54) is 0 Å². The second kappa shape index (κ2) is 4.72. The number of rotatable bonds is 4. The Hall–Kier alpha value is -1.09. The number of esters is 1. The fraction of sp³-hybridized carbons (Fsp3) is 0.222. The zero-order valence-corrected chi connectivity index (χ0v) is 7.47. The summed E-state index contributed by atoms with van der Waals surface area (Å²) in [4.78, 5) is 12.0. The minimum atomic E-state index is -0.197. The molecule has 0 saturated heterocycles. The molecule has 0 unspecified atom stereocenters. The van der Waals surface area contributed by atoms with Gasteiger partial charge in [0.2, 0.25) is 0 Å². The van der Waals surface area contributed by atoms with Crippen molar-refractivity contribution < 1.29 is 9.53 Å². The maximum absolute atomic E-state index is 11.0. The molecule has 0 spiro atoms. The van der Waals surface area contributed by atoms with E-state index in [9.17, 15) is 4.79 Å². The standard InChI is InChI=1S/C9H10O2S/c1-2-5-11-9(10)7-8-4-3-6-12-8/h2-4,6H,1,5,7H2. The number of carbonyl (C=O) groups is 1. The van der Waals surface area contributed by atoms with Gasteiger partial charge in [-0.25, -0.2) is 0 Å². The number of hydrogen-bond donors (Lipinski definition) is 0. The normalized spacial score (nSPS) is 9.33. The number of carbonyl (C=O) groups excluding carboxylic acids is 1. The molecule has 1 aromatic heterocycles. The van der Waals surface area contributed by atoms with Crippen LogP contribution in [0.1, 0.15) is 4.88 Å². The minimum Gasteiger partial charge on any atom is -0.461 e. The van der Waals surface area contributed by atoms with Crippen molar-refractivity contribution in [3.63, 3.8) is 0 Å². The van der Waals surface area contributed by atoms with E-state index in [2.05, 4.69) is 6.58 Å². The van der Waals surface area contributed by atoms with Crippen LogP contribution in [-0.2, 0) is 16.0 Å². The quantitative estimate of drug-likeness (QED) is 0.526. The van der Waals surface area contributed by atoms with E-state index in [1.54, 1.807) is 17.4 Å². The maximum atomic E-state index is 11.0. The second-order valence-corrected chi connectivity index (χ2v) is 3.26. The Balaban J connectivity index is 2.32. The van der Waals surface area contributed by atoms with Crippen LogP contribution in [0, 0.1) is 0 Å². The van der Waals surface area contributed by atoms with Crippen LogP contribution in [0.2, 0.25) is 0 Å². The molecule has 12 heavy (non-hydrogen) atoms. The molecule has 2 nitrogen and oxygen atoms in total. The van der Waals surface area contributed by atoms with Gasteiger partial charge >= 0.3 is 5.97 Å². The topological polar surface area (TPSA) is 26.3 Å². The SMILES string of the molecule is C=CCOC(=O)Cc1cccs1. The highest BCUT2D eigenvalue weighted by atomic mass is 32.1. The lowest BCUT2D eigenvalue weighted by Crippen LogP contribution is -2.06. The Bertz CT molecular complexity index is 252. The van der Waals surface area contributed by atoms with Gasteiger partial charge in [-0.1, -0.05) is 18.7 Å². The summed E-state index contributed by atoms with van der Waals surface area (Å²) in [5, 5.41) is 1.94. The molecular weight excluding hydrogens is 172 g/mol. The van der Waals surface area contributed by atoms with E-state index in [-0.39, 0.29) is 5.97 Å². The van der Waals surface area contributed by atoms with Gasteiger partial charge in [0.15, 0.2) is 0 Å². The van der Waals surface area contributed by atoms with Crippen LogP contribution in [0.5, 0.6) is 0 Å². The fourth-order valence-electron chi connectivity index (χ4n) is 0.758. The van der Waals surface area contributed by atoms with Crippen molar-refractivity contribution >= 4 is 17.3 Å². The monoisotopic (exact) mass is 182 g/mol. The van der Waals surface area contributed by atoms with E-state index in [0.29, 0.717) is 13.0 Å². The van der Waals surface area contributed by atoms with E-state index < -0.39 is 0 Å². The van der Waals surface area contributed by atoms with Crippen molar-refractivity contribution in [2.75, 3.05) is 6.61 Å². The summed E-state index contributed by atoms with van der Waals surface area (Å²) in [6, 6.07) is 3.83. The van der Waals surface area contributed by atoms with Crippen LogP contribution in [0.3, 0.4) is 0 Å². The summed E-state index contributed by atoms with van der Waals surface area (Å²) < 4.78 is 4.81. The largest absolute Gasteiger partial charge is 0.461 e. The molecule has 0 aromatic carbocycles. The van der Waals surface area contributed by atoms with Gasteiger partial charge in [-0.05, 0) is 11.4 Å². The van der Waals surface area contributed by atoms with E-state index in [4.69, 9.17) is 4.74 Å². The fourth-order valence-corrected chi connectivity index (χ4v) is 1.45. The van der Waals surface area contributed by atoms with E-state index >= 15 is 0 Å². The summed E-state index contributed by atoms with van der Waals surface area (Å²) in [5.74, 6) is -0.197. The first-order chi connectivity index (χ1) is 5.83. The second-order valence-electron chi connectivity index (χ2n) is 2.23. The first-order valence-corrected chi connectivity index (χ1v) is 4.50. The highest BCUT2D eigenvalue weighted by molar-refractivity contribution is 7.10. The summed E-state index contributed by atoms with van der Waals surface area (Å²) in [6.45, 7) is 3.75.